The predicted octanol–water partition coefficient (Wildman–Crippen LogP) is 3.80. The number of fused-ring (bicyclic) bond motifs is 3. The van der Waals surface area contributed by atoms with Crippen LogP contribution in [0.3, 0.4) is 0 Å². The molecule has 1 unspecified atom stereocenters. The van der Waals surface area contributed by atoms with Crippen LogP contribution in [0.25, 0.3) is 10.1 Å². The van der Waals surface area contributed by atoms with Gasteiger partial charge < -0.3 is 19.9 Å². The normalized spacial score (nSPS) is 15.6. The Morgan fingerprint density at radius 1 is 1.17 bits per heavy atom. The number of hydrogen-bond acceptors (Lipinski definition) is 7. The molecule has 8 heteroatoms. The van der Waals surface area contributed by atoms with Crippen LogP contribution in [0.1, 0.15) is 17.0 Å². The van der Waals surface area contributed by atoms with Crippen molar-refractivity contribution in [3.8, 4) is 5.75 Å². The minimum Gasteiger partial charge on any atom is -0.460 e. The molecule has 6 nitrogen and oxygen atoms in total. The number of hydrogen-bond donors (Lipinski definition) is 1. The number of benzene rings is 2. The first-order valence-corrected chi connectivity index (χ1v) is 10.4. The maximum atomic E-state index is 13.1. The molecule has 0 radical (unpaired) electrons. The summed E-state index contributed by atoms with van der Waals surface area (Å²) >= 11 is 7.14. The van der Waals surface area contributed by atoms with Crippen molar-refractivity contribution in [2.24, 2.45) is 5.73 Å². The highest BCUT2D eigenvalue weighted by Gasteiger charge is 2.38. The molecule has 0 saturated carbocycles. The van der Waals surface area contributed by atoms with Gasteiger partial charge in [-0.2, -0.15) is 0 Å². The highest BCUT2D eigenvalue weighted by molar-refractivity contribution is 7.16. The molecule has 2 N–H and O–H groups in total. The molecule has 30 heavy (non-hydrogen) atoms. The number of carbonyl (C=O) groups is 1. The smallest absolute Gasteiger partial charge is 0.340 e. The fourth-order valence-corrected chi connectivity index (χ4v) is 4.51. The number of esters is 1. The van der Waals surface area contributed by atoms with Gasteiger partial charge in [-0.25, -0.2) is 4.79 Å². The molecular formula is C22H18ClNO5S. The van der Waals surface area contributed by atoms with Crippen molar-refractivity contribution in [1.82, 2.24) is 0 Å². The van der Waals surface area contributed by atoms with E-state index in [0.29, 0.717) is 21.9 Å². The number of halogens is 1. The highest BCUT2D eigenvalue weighted by Crippen LogP contribution is 2.44. The maximum absolute atomic E-state index is 13.1. The number of methoxy groups -OCH3 is 1. The van der Waals surface area contributed by atoms with E-state index in [1.807, 2.05) is 24.3 Å². The molecule has 3 aromatic rings. The van der Waals surface area contributed by atoms with Crippen molar-refractivity contribution in [2.45, 2.75) is 5.92 Å². The number of rotatable bonds is 5. The fourth-order valence-electron chi connectivity index (χ4n) is 3.45. The number of carbonyl (C=O) groups excluding carboxylic acids is 1. The molecule has 0 saturated heterocycles. The molecule has 2 heterocycles. The lowest BCUT2D eigenvalue weighted by molar-refractivity contribution is -0.140. The van der Waals surface area contributed by atoms with E-state index < -0.39 is 11.9 Å². The van der Waals surface area contributed by atoms with Crippen molar-refractivity contribution in [3.63, 3.8) is 0 Å². The van der Waals surface area contributed by atoms with Gasteiger partial charge in [-0.05, 0) is 29.8 Å². The Hall–Kier alpha value is -2.87. The summed E-state index contributed by atoms with van der Waals surface area (Å²) in [4.78, 5) is 26.0. The molecular weight excluding hydrogens is 426 g/mol. The van der Waals surface area contributed by atoms with E-state index in [-0.39, 0.29) is 29.4 Å². The SMILES string of the molecule is COCCOC(=O)C1=C(N)Oc2c(c(=O)sc3ccccc23)C1c1ccc(Cl)cc1. The topological polar surface area (TPSA) is 87.8 Å². The van der Waals surface area contributed by atoms with Crippen molar-refractivity contribution >= 4 is 39.0 Å². The minimum absolute atomic E-state index is 0.0525. The average Bonchev–Trinajstić information content (AvgIpc) is 2.73. The summed E-state index contributed by atoms with van der Waals surface area (Å²) in [6.07, 6.45) is 0. The van der Waals surface area contributed by atoms with Gasteiger partial charge in [-0.15, -0.1) is 0 Å². The Labute approximate surface area is 181 Å². The van der Waals surface area contributed by atoms with Crippen molar-refractivity contribution in [3.05, 3.63) is 85.7 Å². The van der Waals surface area contributed by atoms with E-state index in [4.69, 9.17) is 31.5 Å². The van der Waals surface area contributed by atoms with E-state index in [2.05, 4.69) is 0 Å². The van der Waals surface area contributed by atoms with E-state index in [1.165, 1.54) is 7.11 Å². The summed E-state index contributed by atoms with van der Waals surface area (Å²) in [7, 11) is 1.51. The Bertz CT molecular complexity index is 1200. The van der Waals surface area contributed by atoms with Crippen LogP contribution in [0.15, 0.2) is 64.8 Å². The van der Waals surface area contributed by atoms with Gasteiger partial charge in [-0.1, -0.05) is 47.2 Å². The largest absolute Gasteiger partial charge is 0.460 e. The second kappa shape index (κ2) is 8.47. The summed E-state index contributed by atoms with van der Waals surface area (Å²) in [5.74, 6) is -1.13. The van der Waals surface area contributed by atoms with Gasteiger partial charge in [0.05, 0.1) is 18.1 Å². The zero-order valence-corrected chi connectivity index (χ0v) is 17.6. The molecule has 0 spiro atoms. The van der Waals surface area contributed by atoms with Gasteiger partial charge in [0, 0.05) is 22.2 Å². The van der Waals surface area contributed by atoms with Crippen LogP contribution in [-0.4, -0.2) is 26.3 Å². The first-order valence-electron chi connectivity index (χ1n) is 9.16. The quantitative estimate of drug-likeness (QED) is 0.476. The maximum Gasteiger partial charge on any atom is 0.340 e. The van der Waals surface area contributed by atoms with Gasteiger partial charge in [0.15, 0.2) is 0 Å². The predicted molar refractivity (Wildman–Crippen MR) is 116 cm³/mol. The summed E-state index contributed by atoms with van der Waals surface area (Å²) in [5, 5.41) is 1.29. The highest BCUT2D eigenvalue weighted by atomic mass is 35.5. The van der Waals surface area contributed by atoms with Gasteiger partial charge >= 0.3 is 5.97 Å². The third kappa shape index (κ3) is 3.67. The minimum atomic E-state index is -0.741. The Morgan fingerprint density at radius 2 is 1.90 bits per heavy atom. The molecule has 154 valence electrons. The van der Waals surface area contributed by atoms with Gasteiger partial charge in [0.25, 0.3) is 0 Å². The molecule has 1 aliphatic heterocycles. The summed E-state index contributed by atoms with van der Waals surface area (Å²) in [5.41, 5.74) is 7.32. The monoisotopic (exact) mass is 443 g/mol. The molecule has 1 aromatic heterocycles. The molecule has 2 aromatic carbocycles. The first kappa shape index (κ1) is 20.4. The molecule has 4 rings (SSSR count). The Balaban J connectivity index is 1.93. The van der Waals surface area contributed by atoms with Crippen LogP contribution in [-0.2, 0) is 14.3 Å². The van der Waals surface area contributed by atoms with E-state index in [0.717, 1.165) is 21.4 Å². The third-order valence-corrected chi connectivity index (χ3v) is 6.03. The van der Waals surface area contributed by atoms with Crippen molar-refractivity contribution in [1.29, 1.82) is 0 Å². The third-order valence-electron chi connectivity index (χ3n) is 4.80. The lowest BCUT2D eigenvalue weighted by atomic mass is 9.83. The molecule has 1 aliphatic rings. The molecule has 1 atom stereocenters. The van der Waals surface area contributed by atoms with Crippen molar-refractivity contribution in [2.75, 3.05) is 20.3 Å². The lowest BCUT2D eigenvalue weighted by Gasteiger charge is -2.28. The van der Waals surface area contributed by atoms with Crippen LogP contribution in [0.4, 0.5) is 0 Å². The zero-order valence-electron chi connectivity index (χ0n) is 16.0. The molecule has 0 amide bonds. The van der Waals surface area contributed by atoms with Crippen molar-refractivity contribution < 1.29 is 19.0 Å². The van der Waals surface area contributed by atoms with Crippen LogP contribution in [0, 0.1) is 0 Å². The van der Waals surface area contributed by atoms with Crippen LogP contribution >= 0.6 is 22.9 Å². The standard InChI is InChI=1S/C22H18ClNO5S/c1-27-10-11-28-21(25)18-16(12-6-8-13(23)9-7-12)17-19(29-20(18)24)14-4-2-3-5-15(14)30-22(17)26/h2-9,16H,10-11,24H2,1H3. The van der Waals surface area contributed by atoms with E-state index in [9.17, 15) is 9.59 Å². The van der Waals surface area contributed by atoms with Gasteiger partial charge in [-0.3, -0.25) is 4.79 Å². The van der Waals surface area contributed by atoms with Crippen LogP contribution in [0.5, 0.6) is 5.75 Å². The fraction of sp³-hybridized carbons (Fsp3) is 0.182. The lowest BCUT2D eigenvalue weighted by Crippen LogP contribution is -2.30. The summed E-state index contributed by atoms with van der Waals surface area (Å²) in [6.45, 7) is 0.290. The molecule has 0 fully saturated rings. The van der Waals surface area contributed by atoms with Gasteiger partial charge in [0.1, 0.15) is 17.9 Å². The second-order valence-electron chi connectivity index (χ2n) is 6.62. The summed E-state index contributed by atoms with van der Waals surface area (Å²) < 4.78 is 16.7. The first-order chi connectivity index (χ1) is 14.5. The molecule has 0 aliphatic carbocycles. The van der Waals surface area contributed by atoms with E-state index >= 15 is 0 Å². The van der Waals surface area contributed by atoms with E-state index in [1.54, 1.807) is 24.3 Å². The zero-order chi connectivity index (χ0) is 21.3. The number of nitrogens with two attached hydrogens (primary N) is 1. The average molecular weight is 444 g/mol. The van der Waals surface area contributed by atoms with Gasteiger partial charge in [0.2, 0.25) is 10.6 Å². The number of ether oxygens (including phenoxy) is 3. The Morgan fingerprint density at radius 3 is 2.63 bits per heavy atom. The van der Waals surface area contributed by atoms with Crippen LogP contribution < -0.4 is 15.2 Å². The second-order valence-corrected chi connectivity index (χ2v) is 8.07. The Kier molecular flexibility index (Phi) is 5.76. The van der Waals surface area contributed by atoms with Crippen LogP contribution in [0.2, 0.25) is 5.02 Å². The molecule has 0 bridgehead atoms. The summed E-state index contributed by atoms with van der Waals surface area (Å²) in [6, 6.07) is 14.3.